The Balaban J connectivity index is 3.72. The third-order valence-corrected chi connectivity index (χ3v) is 3.56. The van der Waals surface area contributed by atoms with E-state index in [1.165, 1.54) is 19.3 Å². The van der Waals surface area contributed by atoms with E-state index >= 15 is 0 Å². The minimum atomic E-state index is -0.567. The summed E-state index contributed by atoms with van der Waals surface area (Å²) in [5.41, 5.74) is 0. The molecule has 2 N–H and O–H groups in total. The lowest BCUT2D eigenvalue weighted by atomic mass is 10.2. The van der Waals surface area contributed by atoms with Gasteiger partial charge in [0.2, 0.25) is 5.91 Å². The summed E-state index contributed by atoms with van der Waals surface area (Å²) in [5, 5.41) is 12.9. The average Bonchev–Trinajstić information content (AvgIpc) is 2.49. The summed E-state index contributed by atoms with van der Waals surface area (Å²) in [6.07, 6.45) is 4.11. The van der Waals surface area contributed by atoms with Crippen LogP contribution in [0.3, 0.4) is 0 Å². The summed E-state index contributed by atoms with van der Waals surface area (Å²) in [6, 6.07) is -0.274. The number of aliphatic hydroxyl groups is 1. The Labute approximate surface area is 130 Å². The highest BCUT2D eigenvalue weighted by molar-refractivity contribution is 5.81. The molecule has 0 aliphatic carbocycles. The van der Waals surface area contributed by atoms with Crippen molar-refractivity contribution in [2.24, 2.45) is 0 Å². The molecule has 0 aliphatic heterocycles. The number of carbonyl (C=O) groups excluding carboxylic acids is 1. The Morgan fingerprint density at radius 3 is 2.43 bits per heavy atom. The molecule has 0 aliphatic rings. The fourth-order valence-electron chi connectivity index (χ4n) is 2.12. The number of amides is 1. The molecule has 2 atom stereocenters. The summed E-state index contributed by atoms with van der Waals surface area (Å²) in [6.45, 7) is 10.8. The van der Waals surface area contributed by atoms with Gasteiger partial charge in [-0.2, -0.15) is 0 Å². The van der Waals surface area contributed by atoms with Crippen molar-refractivity contribution in [3.05, 3.63) is 0 Å². The monoisotopic (exact) mass is 302 g/mol. The van der Waals surface area contributed by atoms with E-state index in [0.29, 0.717) is 32.8 Å². The molecule has 0 aromatic heterocycles. The predicted molar refractivity (Wildman–Crippen MR) is 86.4 cm³/mol. The number of hydrogen-bond donors (Lipinski definition) is 2. The van der Waals surface area contributed by atoms with Crippen molar-refractivity contribution in [1.29, 1.82) is 0 Å². The van der Waals surface area contributed by atoms with Gasteiger partial charge in [0.05, 0.1) is 18.8 Å². The minimum Gasteiger partial charge on any atom is -0.389 e. The molecule has 5 heteroatoms. The summed E-state index contributed by atoms with van der Waals surface area (Å²) in [4.78, 5) is 13.8. The van der Waals surface area contributed by atoms with Crippen molar-refractivity contribution in [3.63, 3.8) is 0 Å². The largest absolute Gasteiger partial charge is 0.389 e. The Bertz CT molecular complexity index is 258. The molecule has 21 heavy (non-hydrogen) atoms. The number of aliphatic hydroxyl groups excluding tert-OH is 1. The first-order chi connectivity index (χ1) is 10.1. The Hall–Kier alpha value is -0.650. The first-order valence-electron chi connectivity index (χ1n) is 8.34. The summed E-state index contributed by atoms with van der Waals surface area (Å²) in [5.74, 6) is 0.0766. The molecule has 0 rings (SSSR count). The molecule has 126 valence electrons. The lowest BCUT2D eigenvalue weighted by Crippen LogP contribution is -2.47. The zero-order valence-electron chi connectivity index (χ0n) is 14.2. The summed E-state index contributed by atoms with van der Waals surface area (Å²) >= 11 is 0. The maximum absolute atomic E-state index is 12.0. The first-order valence-corrected chi connectivity index (χ1v) is 8.34. The number of unbranched alkanes of at least 4 members (excludes halogenated alkanes) is 3. The van der Waals surface area contributed by atoms with E-state index in [2.05, 4.69) is 12.2 Å². The van der Waals surface area contributed by atoms with Crippen LogP contribution in [0.1, 0.15) is 53.4 Å². The molecule has 2 unspecified atom stereocenters. The average molecular weight is 302 g/mol. The van der Waals surface area contributed by atoms with Crippen LogP contribution in [0.2, 0.25) is 0 Å². The van der Waals surface area contributed by atoms with Crippen molar-refractivity contribution in [2.75, 3.05) is 32.8 Å². The SMILES string of the molecule is CCCCCCOCC(O)CNC(C)C(=O)N(CC)CC. The zero-order valence-corrected chi connectivity index (χ0v) is 14.2. The summed E-state index contributed by atoms with van der Waals surface area (Å²) < 4.78 is 5.44. The van der Waals surface area contributed by atoms with Gasteiger partial charge in [-0.3, -0.25) is 4.79 Å². The lowest BCUT2D eigenvalue weighted by Gasteiger charge is -2.24. The Morgan fingerprint density at radius 2 is 1.86 bits per heavy atom. The second-order valence-electron chi connectivity index (χ2n) is 5.43. The Kier molecular flexibility index (Phi) is 12.6. The van der Waals surface area contributed by atoms with E-state index in [0.717, 1.165) is 6.42 Å². The number of carbonyl (C=O) groups is 1. The molecule has 0 saturated carbocycles. The predicted octanol–water partition coefficient (Wildman–Crippen LogP) is 1.79. The van der Waals surface area contributed by atoms with E-state index in [1.807, 2.05) is 20.8 Å². The van der Waals surface area contributed by atoms with Crippen LogP contribution in [-0.2, 0) is 9.53 Å². The molecule has 1 amide bonds. The van der Waals surface area contributed by atoms with Crippen LogP contribution in [0.5, 0.6) is 0 Å². The molecule has 0 aromatic carbocycles. The van der Waals surface area contributed by atoms with Crippen LogP contribution in [0.15, 0.2) is 0 Å². The van der Waals surface area contributed by atoms with Gasteiger partial charge >= 0.3 is 0 Å². The van der Waals surface area contributed by atoms with Gasteiger partial charge in [-0.1, -0.05) is 26.2 Å². The number of hydrogen-bond acceptors (Lipinski definition) is 4. The zero-order chi connectivity index (χ0) is 16.1. The maximum atomic E-state index is 12.0. The van der Waals surface area contributed by atoms with Crippen molar-refractivity contribution in [2.45, 2.75) is 65.5 Å². The molecule has 0 radical (unpaired) electrons. The van der Waals surface area contributed by atoms with Gasteiger partial charge in [-0.15, -0.1) is 0 Å². The van der Waals surface area contributed by atoms with Crippen molar-refractivity contribution >= 4 is 5.91 Å². The van der Waals surface area contributed by atoms with E-state index in [-0.39, 0.29) is 11.9 Å². The van der Waals surface area contributed by atoms with Gasteiger partial charge in [-0.05, 0) is 27.2 Å². The minimum absolute atomic E-state index is 0.0766. The smallest absolute Gasteiger partial charge is 0.239 e. The van der Waals surface area contributed by atoms with Gasteiger partial charge in [0, 0.05) is 26.2 Å². The fraction of sp³-hybridized carbons (Fsp3) is 0.938. The second-order valence-corrected chi connectivity index (χ2v) is 5.43. The van der Waals surface area contributed by atoms with Gasteiger partial charge in [-0.25, -0.2) is 0 Å². The van der Waals surface area contributed by atoms with E-state index < -0.39 is 6.10 Å². The fourth-order valence-corrected chi connectivity index (χ4v) is 2.12. The molecule has 0 saturated heterocycles. The van der Waals surface area contributed by atoms with Gasteiger partial charge in [0.1, 0.15) is 0 Å². The Morgan fingerprint density at radius 1 is 1.19 bits per heavy atom. The molecule has 0 fully saturated rings. The van der Waals surface area contributed by atoms with Crippen molar-refractivity contribution in [3.8, 4) is 0 Å². The summed E-state index contributed by atoms with van der Waals surface area (Å²) in [7, 11) is 0. The number of ether oxygens (including phenoxy) is 1. The number of rotatable bonds is 13. The first kappa shape index (κ1) is 20.3. The molecular weight excluding hydrogens is 268 g/mol. The quantitative estimate of drug-likeness (QED) is 0.509. The third-order valence-electron chi connectivity index (χ3n) is 3.56. The van der Waals surface area contributed by atoms with Crippen LogP contribution < -0.4 is 5.32 Å². The van der Waals surface area contributed by atoms with Crippen LogP contribution >= 0.6 is 0 Å². The normalized spacial score (nSPS) is 14.0. The highest BCUT2D eigenvalue weighted by atomic mass is 16.5. The highest BCUT2D eigenvalue weighted by Crippen LogP contribution is 1.99. The molecular formula is C16H34N2O3. The van der Waals surface area contributed by atoms with E-state index in [9.17, 15) is 9.90 Å². The van der Waals surface area contributed by atoms with Crippen LogP contribution in [0, 0.1) is 0 Å². The topological polar surface area (TPSA) is 61.8 Å². The van der Waals surface area contributed by atoms with Crippen molar-refractivity contribution in [1.82, 2.24) is 10.2 Å². The van der Waals surface area contributed by atoms with E-state index in [1.54, 1.807) is 4.90 Å². The number of nitrogens with one attached hydrogen (secondary N) is 1. The molecule has 0 spiro atoms. The van der Waals surface area contributed by atoms with Gasteiger partial charge < -0.3 is 20.1 Å². The maximum Gasteiger partial charge on any atom is 0.239 e. The lowest BCUT2D eigenvalue weighted by molar-refractivity contribution is -0.132. The number of likely N-dealkylation sites (N-methyl/N-ethyl adjacent to an activating group) is 1. The van der Waals surface area contributed by atoms with Crippen LogP contribution in [0.4, 0.5) is 0 Å². The number of nitrogens with zero attached hydrogens (tertiary/aromatic N) is 1. The second kappa shape index (κ2) is 13.0. The van der Waals surface area contributed by atoms with Gasteiger partial charge in [0.15, 0.2) is 0 Å². The van der Waals surface area contributed by atoms with Crippen LogP contribution in [-0.4, -0.2) is 60.9 Å². The molecule has 0 aromatic rings. The highest BCUT2D eigenvalue weighted by Gasteiger charge is 2.18. The van der Waals surface area contributed by atoms with Gasteiger partial charge in [0.25, 0.3) is 0 Å². The van der Waals surface area contributed by atoms with Crippen molar-refractivity contribution < 1.29 is 14.6 Å². The molecule has 5 nitrogen and oxygen atoms in total. The third kappa shape index (κ3) is 9.82. The molecule has 0 bridgehead atoms. The van der Waals surface area contributed by atoms with E-state index in [4.69, 9.17) is 4.74 Å². The molecule has 0 heterocycles. The van der Waals surface area contributed by atoms with Crippen LogP contribution in [0.25, 0.3) is 0 Å². The standard InChI is InChI=1S/C16H34N2O3/c1-5-8-9-10-11-21-13-15(19)12-17-14(4)16(20)18(6-2)7-3/h14-15,17,19H,5-13H2,1-4H3.